The molecule has 0 aliphatic carbocycles. The largest absolute Gasteiger partial charge is 0.378 e. The van der Waals surface area contributed by atoms with Crippen LogP contribution in [0.2, 0.25) is 0 Å². The van der Waals surface area contributed by atoms with Gasteiger partial charge in [0.1, 0.15) is 0 Å². The van der Waals surface area contributed by atoms with Crippen LogP contribution >= 0.6 is 12.8 Å². The molecule has 2 aromatic carbocycles. The van der Waals surface area contributed by atoms with Crippen molar-refractivity contribution in [1.29, 1.82) is 0 Å². The molecular weight excluding hydrogens is 444 g/mol. The standard InChI is InChI=1S/C27H24N4O2S/c32-26-14-22(7-8-30(26)17-19-5-6-20-3-1-2-4-21(20)13-19)25-18-31(34)27-24(25)15-23(16-28-27)29-9-11-33-12-10-29/h1-8,13-16,18,34H,9-12,17H2. The quantitative estimate of drug-likeness (QED) is 0.392. The number of fused-ring (bicyclic) bond motifs is 2. The Morgan fingerprint density at radius 3 is 2.62 bits per heavy atom. The predicted octanol–water partition coefficient (Wildman–Crippen LogP) is 4.60. The van der Waals surface area contributed by atoms with Crippen LogP contribution in [0.25, 0.3) is 32.9 Å². The summed E-state index contributed by atoms with van der Waals surface area (Å²) in [5.41, 5.74) is 4.70. The number of pyridine rings is 2. The molecule has 7 heteroatoms. The van der Waals surface area contributed by atoms with Crippen LogP contribution in [0.1, 0.15) is 5.56 Å². The lowest BCUT2D eigenvalue weighted by Gasteiger charge is -2.28. The van der Waals surface area contributed by atoms with Crippen LogP contribution in [-0.2, 0) is 11.3 Å². The fourth-order valence-electron chi connectivity index (χ4n) is 4.64. The third kappa shape index (κ3) is 3.87. The lowest BCUT2D eigenvalue weighted by atomic mass is 10.1. The van der Waals surface area contributed by atoms with Crippen LogP contribution in [0, 0.1) is 0 Å². The van der Waals surface area contributed by atoms with Gasteiger partial charge < -0.3 is 14.2 Å². The number of morpholine rings is 1. The summed E-state index contributed by atoms with van der Waals surface area (Å²) in [6.45, 7) is 3.65. The van der Waals surface area contributed by atoms with Gasteiger partial charge in [0.05, 0.1) is 31.6 Å². The minimum Gasteiger partial charge on any atom is -0.378 e. The molecule has 0 atom stereocenters. The molecule has 0 saturated carbocycles. The van der Waals surface area contributed by atoms with E-state index in [2.05, 4.69) is 59.1 Å². The van der Waals surface area contributed by atoms with Crippen molar-refractivity contribution in [1.82, 2.24) is 13.5 Å². The molecular formula is C27H24N4O2S. The molecule has 0 unspecified atom stereocenters. The van der Waals surface area contributed by atoms with Gasteiger partial charge in [0.15, 0.2) is 5.65 Å². The fourth-order valence-corrected chi connectivity index (χ4v) is 4.92. The first-order chi connectivity index (χ1) is 16.7. The first-order valence-corrected chi connectivity index (χ1v) is 11.8. The van der Waals surface area contributed by atoms with Gasteiger partial charge >= 0.3 is 0 Å². The molecule has 170 valence electrons. The lowest BCUT2D eigenvalue weighted by molar-refractivity contribution is 0.122. The molecule has 6 nitrogen and oxygen atoms in total. The van der Waals surface area contributed by atoms with Crippen molar-refractivity contribution in [2.45, 2.75) is 6.54 Å². The van der Waals surface area contributed by atoms with Gasteiger partial charge in [-0.1, -0.05) is 49.2 Å². The molecule has 1 saturated heterocycles. The van der Waals surface area contributed by atoms with E-state index in [0.717, 1.165) is 46.5 Å². The number of benzene rings is 2. The number of thiol groups is 1. The minimum absolute atomic E-state index is 0.0389. The average Bonchev–Trinajstić information content (AvgIpc) is 3.21. The summed E-state index contributed by atoms with van der Waals surface area (Å²) >= 11 is 4.56. The van der Waals surface area contributed by atoms with E-state index in [1.807, 2.05) is 36.8 Å². The number of aromatic nitrogens is 3. The van der Waals surface area contributed by atoms with Crippen molar-refractivity contribution in [2.24, 2.45) is 0 Å². The highest BCUT2D eigenvalue weighted by Crippen LogP contribution is 2.32. The smallest absolute Gasteiger partial charge is 0.251 e. The zero-order valence-corrected chi connectivity index (χ0v) is 19.5. The van der Waals surface area contributed by atoms with Crippen molar-refractivity contribution in [2.75, 3.05) is 31.2 Å². The summed E-state index contributed by atoms with van der Waals surface area (Å²) < 4.78 is 8.94. The van der Waals surface area contributed by atoms with E-state index in [-0.39, 0.29) is 5.56 Å². The minimum atomic E-state index is -0.0389. The number of hydrogen-bond acceptors (Lipinski definition) is 5. The monoisotopic (exact) mass is 468 g/mol. The van der Waals surface area contributed by atoms with Gasteiger partial charge in [-0.2, -0.15) is 0 Å². The van der Waals surface area contributed by atoms with Crippen molar-refractivity contribution in [3.63, 3.8) is 0 Å². The Bertz CT molecular complexity index is 1570. The topological polar surface area (TPSA) is 52.3 Å². The van der Waals surface area contributed by atoms with Crippen LogP contribution in [0.3, 0.4) is 0 Å². The van der Waals surface area contributed by atoms with E-state index >= 15 is 0 Å². The Hall–Kier alpha value is -3.55. The number of anilines is 1. The normalized spacial score (nSPS) is 14.2. The first kappa shape index (κ1) is 21.0. The highest BCUT2D eigenvalue weighted by molar-refractivity contribution is 7.78. The highest BCUT2D eigenvalue weighted by Gasteiger charge is 2.16. The van der Waals surface area contributed by atoms with Gasteiger partial charge in [-0.3, -0.25) is 8.77 Å². The SMILES string of the molecule is O=c1cc(-c2cn(S)c3ncc(N4CCOCC4)cc23)ccn1Cc1ccc2ccccc2c1. The van der Waals surface area contributed by atoms with Gasteiger partial charge in [-0.25, -0.2) is 4.98 Å². The summed E-state index contributed by atoms with van der Waals surface area (Å²) in [6, 6.07) is 20.4. The van der Waals surface area contributed by atoms with E-state index in [1.54, 1.807) is 14.6 Å². The third-order valence-corrected chi connectivity index (χ3v) is 6.77. The maximum atomic E-state index is 13.0. The zero-order valence-electron chi connectivity index (χ0n) is 18.6. The van der Waals surface area contributed by atoms with Crippen molar-refractivity contribution in [3.8, 4) is 11.1 Å². The zero-order chi connectivity index (χ0) is 23.1. The van der Waals surface area contributed by atoms with Gasteiger partial charge in [-0.05, 0) is 40.1 Å². The first-order valence-electron chi connectivity index (χ1n) is 11.4. The van der Waals surface area contributed by atoms with E-state index in [0.29, 0.717) is 19.8 Å². The molecule has 4 heterocycles. The van der Waals surface area contributed by atoms with E-state index in [9.17, 15) is 4.79 Å². The molecule has 1 aliphatic rings. The molecule has 5 aromatic rings. The van der Waals surface area contributed by atoms with Crippen molar-refractivity contribution < 1.29 is 4.74 Å². The molecule has 6 rings (SSSR count). The molecule has 34 heavy (non-hydrogen) atoms. The Balaban J connectivity index is 1.34. The van der Waals surface area contributed by atoms with Gasteiger partial charge in [-0.15, -0.1) is 0 Å². The maximum Gasteiger partial charge on any atom is 0.251 e. The van der Waals surface area contributed by atoms with E-state index < -0.39 is 0 Å². The van der Waals surface area contributed by atoms with Crippen molar-refractivity contribution in [3.05, 3.63) is 95.2 Å². The van der Waals surface area contributed by atoms with E-state index in [1.165, 1.54) is 10.8 Å². The second-order valence-corrected chi connectivity index (χ2v) is 9.05. The number of ether oxygens (including phenoxy) is 1. The third-order valence-electron chi connectivity index (χ3n) is 6.46. The molecule has 1 fully saturated rings. The maximum absolute atomic E-state index is 13.0. The van der Waals surface area contributed by atoms with Gasteiger partial charge in [0, 0.05) is 42.5 Å². The van der Waals surface area contributed by atoms with Crippen LogP contribution in [-0.4, -0.2) is 39.8 Å². The molecule has 0 spiro atoms. The van der Waals surface area contributed by atoms with E-state index in [4.69, 9.17) is 4.74 Å². The van der Waals surface area contributed by atoms with Gasteiger partial charge in [0.2, 0.25) is 0 Å². The predicted molar refractivity (Wildman–Crippen MR) is 140 cm³/mol. The molecule has 1 aliphatic heterocycles. The number of rotatable bonds is 4. The Morgan fingerprint density at radius 1 is 0.971 bits per heavy atom. The van der Waals surface area contributed by atoms with Gasteiger partial charge in [0.25, 0.3) is 5.56 Å². The second kappa shape index (κ2) is 8.66. The molecule has 0 amide bonds. The summed E-state index contributed by atoms with van der Waals surface area (Å²) in [5, 5.41) is 3.35. The molecule has 0 radical (unpaired) electrons. The number of nitrogens with zero attached hydrogens (tertiary/aromatic N) is 4. The van der Waals surface area contributed by atoms with Crippen LogP contribution in [0.4, 0.5) is 5.69 Å². The molecule has 0 bridgehead atoms. The summed E-state index contributed by atoms with van der Waals surface area (Å²) in [7, 11) is 0. The van der Waals surface area contributed by atoms with Crippen LogP contribution in [0.5, 0.6) is 0 Å². The Morgan fingerprint density at radius 2 is 1.79 bits per heavy atom. The Kier molecular flexibility index (Phi) is 5.36. The van der Waals surface area contributed by atoms with Crippen LogP contribution < -0.4 is 10.5 Å². The summed E-state index contributed by atoms with van der Waals surface area (Å²) in [4.78, 5) is 20.0. The number of hydrogen-bond donors (Lipinski definition) is 1. The second-order valence-electron chi connectivity index (χ2n) is 8.61. The summed E-state index contributed by atoms with van der Waals surface area (Å²) in [6.07, 6.45) is 5.67. The van der Waals surface area contributed by atoms with Crippen molar-refractivity contribution >= 4 is 40.3 Å². The van der Waals surface area contributed by atoms with Crippen LogP contribution in [0.15, 0.2) is 84.0 Å². The molecule has 3 aromatic heterocycles. The average molecular weight is 469 g/mol. The Labute approximate surface area is 202 Å². The fraction of sp³-hybridized carbons (Fsp3) is 0.185. The highest BCUT2D eigenvalue weighted by atomic mass is 32.1. The lowest BCUT2D eigenvalue weighted by Crippen LogP contribution is -2.36. The molecule has 0 N–H and O–H groups in total. The summed E-state index contributed by atoms with van der Waals surface area (Å²) in [5.74, 6) is 0.